The molecule has 0 radical (unpaired) electrons. The van der Waals surface area contributed by atoms with E-state index in [0.29, 0.717) is 0 Å². The Balaban J connectivity index is 4.39. The highest BCUT2D eigenvalue weighted by Crippen LogP contribution is 2.32. The van der Waals surface area contributed by atoms with E-state index in [1.54, 1.807) is 0 Å². The lowest BCUT2D eigenvalue weighted by Gasteiger charge is -2.32. The zero-order valence-corrected chi connectivity index (χ0v) is 15.4. The number of hydrogen-bond donors (Lipinski definition) is 4. The molecule has 0 aliphatic rings. The third-order valence-corrected chi connectivity index (χ3v) is 10.4. The van der Waals surface area contributed by atoms with Crippen molar-refractivity contribution in [2.45, 2.75) is 49.9 Å². The fourth-order valence-electron chi connectivity index (χ4n) is 2.57. The van der Waals surface area contributed by atoms with Crippen LogP contribution in [0.5, 0.6) is 0 Å². The fraction of sp³-hybridized carbons (Fsp3) is 1.00. The summed E-state index contributed by atoms with van der Waals surface area (Å²) in [7, 11) is -1.07. The molecule has 0 aromatic rings. The van der Waals surface area contributed by atoms with Crippen LogP contribution < -0.4 is 0 Å². The Hall–Kier alpha value is 1.62. The van der Waals surface area contributed by atoms with Crippen molar-refractivity contribution in [2.24, 2.45) is 0 Å². The van der Waals surface area contributed by atoms with Crippen molar-refractivity contribution in [3.05, 3.63) is 0 Å². The van der Waals surface area contributed by atoms with E-state index in [9.17, 15) is 0 Å². The normalized spacial score (nSPS) is 12.0. The van der Waals surface area contributed by atoms with E-state index in [-0.39, 0.29) is 0 Å². The van der Waals surface area contributed by atoms with Gasteiger partial charge in [-0.25, -0.2) is 0 Å². The zero-order chi connectivity index (χ0) is 13.0. The van der Waals surface area contributed by atoms with Crippen molar-refractivity contribution in [2.75, 3.05) is 23.0 Å². The fourth-order valence-corrected chi connectivity index (χ4v) is 9.60. The minimum Gasteiger partial charge on any atom is -0.179 e. The van der Waals surface area contributed by atoms with Gasteiger partial charge in [-0.2, -0.15) is 50.5 Å². The Morgan fingerprint density at radius 3 is 0.882 bits per heavy atom. The number of thiol groups is 4. The molecule has 0 bridgehead atoms. The molecule has 0 spiro atoms. The first kappa shape index (κ1) is 18.6. The van der Waals surface area contributed by atoms with Crippen LogP contribution in [0.3, 0.4) is 0 Å². The molecule has 104 valence electrons. The van der Waals surface area contributed by atoms with Gasteiger partial charge in [-0.1, -0.05) is 24.2 Å². The lowest BCUT2D eigenvalue weighted by atomic mass is 10.5. The largest absolute Gasteiger partial charge is 0.179 e. The highest BCUT2D eigenvalue weighted by Gasteiger charge is 2.30. The van der Waals surface area contributed by atoms with Crippen LogP contribution >= 0.6 is 50.5 Å². The van der Waals surface area contributed by atoms with Crippen molar-refractivity contribution in [1.29, 1.82) is 0 Å². The summed E-state index contributed by atoms with van der Waals surface area (Å²) in [6, 6.07) is 5.80. The van der Waals surface area contributed by atoms with E-state index in [2.05, 4.69) is 50.5 Å². The maximum absolute atomic E-state index is 4.38. The highest BCUT2D eigenvalue weighted by atomic mass is 32.1. The summed E-state index contributed by atoms with van der Waals surface area (Å²) in [6.45, 7) is 0. The van der Waals surface area contributed by atoms with E-state index in [1.807, 2.05) is 0 Å². The molecular formula is C12H28S4Si. The molecule has 0 unspecified atom stereocenters. The van der Waals surface area contributed by atoms with E-state index in [1.165, 1.54) is 49.9 Å². The highest BCUT2D eigenvalue weighted by molar-refractivity contribution is 7.80. The molecule has 0 saturated heterocycles. The summed E-state index contributed by atoms with van der Waals surface area (Å²) in [6.07, 6.45) is 5.17. The van der Waals surface area contributed by atoms with Crippen LogP contribution in [0.1, 0.15) is 25.7 Å². The lowest BCUT2D eigenvalue weighted by molar-refractivity contribution is 0.895. The minimum absolute atomic E-state index is 1.04. The Bertz CT molecular complexity index is 129. The third-order valence-electron chi connectivity index (χ3n) is 3.46. The molecule has 0 rings (SSSR count). The zero-order valence-electron chi connectivity index (χ0n) is 10.8. The van der Waals surface area contributed by atoms with Crippen LogP contribution in [-0.4, -0.2) is 31.1 Å². The first-order valence-corrected chi connectivity index (χ1v) is 12.0. The molecule has 17 heavy (non-hydrogen) atoms. The summed E-state index contributed by atoms with van der Waals surface area (Å²) in [5, 5.41) is 0. The Morgan fingerprint density at radius 1 is 0.471 bits per heavy atom. The predicted molar refractivity (Wildman–Crippen MR) is 98.9 cm³/mol. The monoisotopic (exact) mass is 328 g/mol. The minimum atomic E-state index is -1.07. The first-order valence-electron chi connectivity index (χ1n) is 6.68. The smallest absolute Gasteiger partial charge is 0.0537 e. The van der Waals surface area contributed by atoms with Gasteiger partial charge in [-0.05, 0) is 48.7 Å². The molecule has 0 nitrogen and oxygen atoms in total. The summed E-state index contributed by atoms with van der Waals surface area (Å²) in [5.74, 6) is 4.16. The second-order valence-corrected chi connectivity index (χ2v) is 11.6. The average molecular weight is 329 g/mol. The third kappa shape index (κ3) is 9.19. The van der Waals surface area contributed by atoms with Crippen molar-refractivity contribution >= 4 is 58.6 Å². The van der Waals surface area contributed by atoms with Gasteiger partial charge in [-0.15, -0.1) is 0 Å². The van der Waals surface area contributed by atoms with E-state index >= 15 is 0 Å². The van der Waals surface area contributed by atoms with Crippen molar-refractivity contribution in [3.63, 3.8) is 0 Å². The molecule has 0 atom stereocenters. The van der Waals surface area contributed by atoms with Crippen LogP contribution in [0.4, 0.5) is 0 Å². The average Bonchev–Trinajstić information content (AvgIpc) is 2.37. The second kappa shape index (κ2) is 12.6. The molecule has 5 heteroatoms. The lowest BCUT2D eigenvalue weighted by Crippen LogP contribution is -2.34. The van der Waals surface area contributed by atoms with Gasteiger partial charge in [0.15, 0.2) is 0 Å². The van der Waals surface area contributed by atoms with Gasteiger partial charge >= 0.3 is 0 Å². The van der Waals surface area contributed by atoms with Crippen molar-refractivity contribution < 1.29 is 0 Å². The van der Waals surface area contributed by atoms with Gasteiger partial charge in [0.05, 0.1) is 8.07 Å². The number of rotatable bonds is 12. The Labute approximate surface area is 131 Å². The van der Waals surface area contributed by atoms with E-state index in [0.717, 1.165) is 23.0 Å². The summed E-state index contributed by atoms with van der Waals surface area (Å²) < 4.78 is 0. The molecule has 0 saturated carbocycles. The summed E-state index contributed by atoms with van der Waals surface area (Å²) in [5.41, 5.74) is 0. The van der Waals surface area contributed by atoms with Crippen LogP contribution in [0.2, 0.25) is 24.2 Å². The topological polar surface area (TPSA) is 0 Å². The van der Waals surface area contributed by atoms with Crippen LogP contribution in [0.25, 0.3) is 0 Å². The van der Waals surface area contributed by atoms with Gasteiger partial charge < -0.3 is 0 Å². The van der Waals surface area contributed by atoms with Gasteiger partial charge in [0.2, 0.25) is 0 Å². The van der Waals surface area contributed by atoms with Gasteiger partial charge in [-0.3, -0.25) is 0 Å². The van der Waals surface area contributed by atoms with Crippen molar-refractivity contribution in [3.8, 4) is 0 Å². The molecule has 0 aliphatic carbocycles. The quantitative estimate of drug-likeness (QED) is 0.289. The maximum atomic E-state index is 4.38. The van der Waals surface area contributed by atoms with Crippen molar-refractivity contribution in [1.82, 2.24) is 0 Å². The standard InChI is InChI=1S/C12H28S4Si/c13-5-1-9-17(10-2-6-14,11-3-7-15)12-4-8-16/h13-16H,1-12H2. The molecular weight excluding hydrogens is 300 g/mol. The van der Waals surface area contributed by atoms with Crippen LogP contribution in [-0.2, 0) is 0 Å². The van der Waals surface area contributed by atoms with E-state index in [4.69, 9.17) is 0 Å². The number of hydrogen-bond acceptors (Lipinski definition) is 4. The molecule has 0 heterocycles. The van der Waals surface area contributed by atoms with Gasteiger partial charge in [0.25, 0.3) is 0 Å². The molecule has 0 fully saturated rings. The van der Waals surface area contributed by atoms with Crippen LogP contribution in [0.15, 0.2) is 0 Å². The predicted octanol–water partition coefficient (Wildman–Crippen LogP) is 4.71. The summed E-state index contributed by atoms with van der Waals surface area (Å²) in [4.78, 5) is 0. The van der Waals surface area contributed by atoms with Gasteiger partial charge in [0.1, 0.15) is 0 Å². The SMILES string of the molecule is SCCC[Si](CCCS)(CCCS)CCCS. The Kier molecular flexibility index (Phi) is 13.8. The molecule has 0 aromatic carbocycles. The molecule has 0 aliphatic heterocycles. The maximum Gasteiger partial charge on any atom is 0.0537 e. The van der Waals surface area contributed by atoms with Gasteiger partial charge in [0, 0.05) is 0 Å². The second-order valence-electron chi connectivity index (χ2n) is 4.81. The van der Waals surface area contributed by atoms with Crippen LogP contribution in [0, 0.1) is 0 Å². The molecule has 0 amide bonds. The van der Waals surface area contributed by atoms with E-state index < -0.39 is 8.07 Å². The first-order chi connectivity index (χ1) is 8.24. The Morgan fingerprint density at radius 2 is 0.706 bits per heavy atom. The molecule has 0 N–H and O–H groups in total. The molecule has 0 aromatic heterocycles. The summed E-state index contributed by atoms with van der Waals surface area (Å²) >= 11 is 17.5.